The molecule has 26 heavy (non-hydrogen) atoms. The fourth-order valence-electron chi connectivity index (χ4n) is 3.55. The summed E-state index contributed by atoms with van der Waals surface area (Å²) in [6, 6.07) is 4.01. The highest BCUT2D eigenvalue weighted by Gasteiger charge is 2.30. The molecular formula is C19H24ClFN2O3. The van der Waals surface area contributed by atoms with E-state index in [-0.39, 0.29) is 29.4 Å². The van der Waals surface area contributed by atoms with E-state index in [2.05, 4.69) is 0 Å². The van der Waals surface area contributed by atoms with Crippen LogP contribution >= 0.6 is 11.6 Å². The second-order valence-corrected chi connectivity index (χ2v) is 7.31. The normalized spacial score (nSPS) is 18.7. The first kappa shape index (κ1) is 19.0. The number of piperidine rings is 2. The number of hydrogen-bond donors (Lipinski definition) is 0. The largest absolute Gasteiger partial charge is 0.484 e. The van der Waals surface area contributed by atoms with Crippen LogP contribution in [0.4, 0.5) is 4.39 Å². The van der Waals surface area contributed by atoms with E-state index in [9.17, 15) is 14.0 Å². The van der Waals surface area contributed by atoms with Crippen molar-refractivity contribution in [1.82, 2.24) is 9.80 Å². The van der Waals surface area contributed by atoms with Crippen LogP contribution in [0.2, 0.25) is 5.02 Å². The third kappa shape index (κ3) is 4.67. The van der Waals surface area contributed by atoms with Crippen LogP contribution in [-0.4, -0.2) is 54.4 Å². The molecule has 2 heterocycles. The van der Waals surface area contributed by atoms with Crippen molar-refractivity contribution in [1.29, 1.82) is 0 Å². The predicted octanol–water partition coefficient (Wildman–Crippen LogP) is 3.11. The molecule has 2 saturated heterocycles. The van der Waals surface area contributed by atoms with Crippen LogP contribution in [0.25, 0.3) is 0 Å². The number of hydrogen-bond acceptors (Lipinski definition) is 3. The number of ether oxygens (including phenoxy) is 1. The van der Waals surface area contributed by atoms with Crippen LogP contribution in [0.3, 0.4) is 0 Å². The molecule has 3 rings (SSSR count). The maximum absolute atomic E-state index is 13.1. The molecule has 0 atom stereocenters. The monoisotopic (exact) mass is 382 g/mol. The molecule has 2 amide bonds. The lowest BCUT2D eigenvalue weighted by molar-refractivity contribution is -0.142. The van der Waals surface area contributed by atoms with Gasteiger partial charge in [0.05, 0.1) is 5.02 Å². The zero-order chi connectivity index (χ0) is 18.5. The number of benzene rings is 1. The lowest BCUT2D eigenvalue weighted by atomic mass is 9.94. The van der Waals surface area contributed by atoms with Gasteiger partial charge in [0.1, 0.15) is 11.6 Å². The van der Waals surface area contributed by atoms with Crippen molar-refractivity contribution in [2.45, 2.75) is 32.1 Å². The van der Waals surface area contributed by atoms with Crippen molar-refractivity contribution < 1.29 is 18.7 Å². The summed E-state index contributed by atoms with van der Waals surface area (Å²) < 4.78 is 18.5. The number of carbonyl (C=O) groups is 2. The first-order valence-corrected chi connectivity index (χ1v) is 9.57. The van der Waals surface area contributed by atoms with Crippen molar-refractivity contribution in [3.8, 4) is 5.75 Å². The first-order valence-electron chi connectivity index (χ1n) is 9.19. The van der Waals surface area contributed by atoms with Gasteiger partial charge in [-0.3, -0.25) is 9.59 Å². The number of nitrogens with zero attached hydrogens (tertiary/aromatic N) is 2. The van der Waals surface area contributed by atoms with E-state index >= 15 is 0 Å². The van der Waals surface area contributed by atoms with E-state index in [1.54, 1.807) is 4.90 Å². The summed E-state index contributed by atoms with van der Waals surface area (Å²) in [4.78, 5) is 28.6. The van der Waals surface area contributed by atoms with Gasteiger partial charge in [0.2, 0.25) is 5.91 Å². The van der Waals surface area contributed by atoms with E-state index in [1.165, 1.54) is 24.6 Å². The van der Waals surface area contributed by atoms with E-state index in [1.807, 2.05) is 4.90 Å². The van der Waals surface area contributed by atoms with E-state index in [4.69, 9.17) is 16.3 Å². The molecule has 142 valence electrons. The van der Waals surface area contributed by atoms with Crippen LogP contribution in [-0.2, 0) is 9.59 Å². The summed E-state index contributed by atoms with van der Waals surface area (Å²) in [5, 5.41) is -0.0352. The fraction of sp³-hybridized carbons (Fsp3) is 0.579. The summed E-state index contributed by atoms with van der Waals surface area (Å²) in [7, 11) is 0. The topological polar surface area (TPSA) is 49.9 Å². The zero-order valence-corrected chi connectivity index (χ0v) is 15.5. The Morgan fingerprint density at radius 3 is 2.42 bits per heavy atom. The van der Waals surface area contributed by atoms with E-state index < -0.39 is 5.82 Å². The van der Waals surface area contributed by atoms with Crippen LogP contribution in [0, 0.1) is 11.7 Å². The molecule has 0 aromatic heterocycles. The molecule has 0 unspecified atom stereocenters. The lowest BCUT2D eigenvalue weighted by Crippen LogP contribution is -2.46. The van der Waals surface area contributed by atoms with Crippen LogP contribution in [0.5, 0.6) is 5.75 Å². The molecule has 0 bridgehead atoms. The summed E-state index contributed by atoms with van der Waals surface area (Å²) in [6.07, 6.45) is 4.78. The van der Waals surface area contributed by atoms with Crippen LogP contribution in [0.1, 0.15) is 32.1 Å². The van der Waals surface area contributed by atoms with Gasteiger partial charge in [-0.15, -0.1) is 0 Å². The summed E-state index contributed by atoms with van der Waals surface area (Å²) in [6.45, 7) is 2.75. The zero-order valence-electron chi connectivity index (χ0n) is 14.8. The number of halogens is 2. The van der Waals surface area contributed by atoms with Crippen molar-refractivity contribution in [3.63, 3.8) is 0 Å². The molecule has 2 aliphatic heterocycles. The van der Waals surface area contributed by atoms with Crippen LogP contribution < -0.4 is 4.74 Å². The SMILES string of the molecule is O=C(COc1ccc(F)c(Cl)c1)N1CCC(C(=O)N2CCCCC2)CC1. The Kier molecular flexibility index (Phi) is 6.35. The molecule has 0 spiro atoms. The molecule has 1 aromatic carbocycles. The standard InChI is InChI=1S/C19H24ClFN2O3/c20-16-12-15(4-5-17(16)21)26-13-18(24)22-10-6-14(7-11-22)19(25)23-8-2-1-3-9-23/h4-5,12,14H,1-3,6-11,13H2. The maximum Gasteiger partial charge on any atom is 0.260 e. The number of carbonyl (C=O) groups excluding carboxylic acids is 2. The predicted molar refractivity (Wildman–Crippen MR) is 96.6 cm³/mol. The average molecular weight is 383 g/mol. The van der Waals surface area contributed by atoms with Gasteiger partial charge in [-0.1, -0.05) is 11.6 Å². The second-order valence-electron chi connectivity index (χ2n) is 6.91. The summed E-state index contributed by atoms with van der Waals surface area (Å²) in [5.74, 6) is -0.0250. The Labute approximate surface area is 158 Å². The van der Waals surface area contributed by atoms with E-state index in [0.29, 0.717) is 31.7 Å². The van der Waals surface area contributed by atoms with Gasteiger partial charge in [0, 0.05) is 38.2 Å². The minimum Gasteiger partial charge on any atom is -0.484 e. The van der Waals surface area contributed by atoms with Gasteiger partial charge in [0.25, 0.3) is 5.91 Å². The highest BCUT2D eigenvalue weighted by Crippen LogP contribution is 2.23. The van der Waals surface area contributed by atoms with Crippen molar-refractivity contribution in [3.05, 3.63) is 29.0 Å². The van der Waals surface area contributed by atoms with Gasteiger partial charge in [-0.05, 0) is 44.2 Å². The Balaban J connectivity index is 1.44. The quantitative estimate of drug-likeness (QED) is 0.804. The third-order valence-corrected chi connectivity index (χ3v) is 5.41. The molecule has 0 saturated carbocycles. The Morgan fingerprint density at radius 1 is 1.08 bits per heavy atom. The Morgan fingerprint density at radius 2 is 1.77 bits per heavy atom. The molecule has 2 aliphatic rings. The summed E-state index contributed by atoms with van der Waals surface area (Å²) >= 11 is 5.70. The van der Waals surface area contributed by atoms with Gasteiger partial charge >= 0.3 is 0 Å². The van der Waals surface area contributed by atoms with E-state index in [0.717, 1.165) is 25.9 Å². The molecule has 0 aliphatic carbocycles. The molecule has 2 fully saturated rings. The summed E-state index contributed by atoms with van der Waals surface area (Å²) in [5.41, 5.74) is 0. The highest BCUT2D eigenvalue weighted by molar-refractivity contribution is 6.30. The molecule has 0 radical (unpaired) electrons. The van der Waals surface area contributed by atoms with Crippen molar-refractivity contribution in [2.75, 3.05) is 32.8 Å². The van der Waals surface area contributed by atoms with Gasteiger partial charge in [-0.25, -0.2) is 4.39 Å². The molecule has 7 heteroatoms. The minimum atomic E-state index is -0.522. The third-order valence-electron chi connectivity index (χ3n) is 5.12. The lowest BCUT2D eigenvalue weighted by Gasteiger charge is -2.35. The maximum atomic E-state index is 13.1. The van der Waals surface area contributed by atoms with Gasteiger partial charge in [-0.2, -0.15) is 0 Å². The molecule has 5 nitrogen and oxygen atoms in total. The fourth-order valence-corrected chi connectivity index (χ4v) is 3.72. The number of rotatable bonds is 4. The highest BCUT2D eigenvalue weighted by atomic mass is 35.5. The molecule has 1 aromatic rings. The van der Waals surface area contributed by atoms with Crippen LogP contribution in [0.15, 0.2) is 18.2 Å². The Hall–Kier alpha value is -1.82. The van der Waals surface area contributed by atoms with Gasteiger partial charge in [0.15, 0.2) is 6.61 Å². The minimum absolute atomic E-state index is 0.0222. The number of likely N-dealkylation sites (tertiary alicyclic amines) is 2. The van der Waals surface area contributed by atoms with Crippen molar-refractivity contribution in [2.24, 2.45) is 5.92 Å². The van der Waals surface area contributed by atoms with Gasteiger partial charge < -0.3 is 14.5 Å². The second kappa shape index (κ2) is 8.71. The molecule has 0 N–H and O–H groups in total. The number of amides is 2. The average Bonchev–Trinajstić information content (AvgIpc) is 2.69. The van der Waals surface area contributed by atoms with Crippen molar-refractivity contribution >= 4 is 23.4 Å². The smallest absolute Gasteiger partial charge is 0.260 e. The molecular weight excluding hydrogens is 359 g/mol. The first-order chi connectivity index (χ1) is 12.5. The Bertz CT molecular complexity index is 656.